The van der Waals surface area contributed by atoms with Gasteiger partial charge in [-0.25, -0.2) is 4.79 Å². The number of benzene rings is 2. The van der Waals surface area contributed by atoms with E-state index in [4.69, 9.17) is 26.8 Å². The van der Waals surface area contributed by atoms with Gasteiger partial charge in [0.05, 0.1) is 12.2 Å². The number of para-hydroxylation sites is 1. The molecule has 0 saturated heterocycles. The number of ether oxygens (including phenoxy) is 2. The highest BCUT2D eigenvalue weighted by Crippen LogP contribution is 2.55. The number of fused-ring (bicyclic) bond motifs is 3. The van der Waals surface area contributed by atoms with Crippen molar-refractivity contribution in [3.05, 3.63) is 87.5 Å². The highest BCUT2D eigenvalue weighted by molar-refractivity contribution is 6.30. The van der Waals surface area contributed by atoms with Gasteiger partial charge in [-0.15, -0.1) is 0 Å². The summed E-state index contributed by atoms with van der Waals surface area (Å²) in [7, 11) is 0. The second-order valence-electron chi connectivity index (χ2n) is 8.19. The zero-order valence-corrected chi connectivity index (χ0v) is 18.6. The molecule has 2 aliphatic heterocycles. The Morgan fingerprint density at radius 3 is 2.76 bits per heavy atom. The summed E-state index contributed by atoms with van der Waals surface area (Å²) in [4.78, 5) is 40.3. The van der Waals surface area contributed by atoms with E-state index in [2.05, 4.69) is 5.32 Å². The van der Waals surface area contributed by atoms with Crippen molar-refractivity contribution < 1.29 is 23.9 Å². The average Bonchev–Trinajstić information content (AvgIpc) is 3.05. The zero-order chi connectivity index (χ0) is 23.3. The van der Waals surface area contributed by atoms with Crippen molar-refractivity contribution in [3.63, 3.8) is 0 Å². The lowest BCUT2D eigenvalue weighted by molar-refractivity contribution is -0.141. The predicted molar refractivity (Wildman–Crippen MR) is 121 cm³/mol. The maximum absolute atomic E-state index is 13.7. The van der Waals surface area contributed by atoms with Gasteiger partial charge in [-0.05, 0) is 36.6 Å². The van der Waals surface area contributed by atoms with Gasteiger partial charge in [0.15, 0.2) is 5.78 Å². The Bertz CT molecular complexity index is 1280. The van der Waals surface area contributed by atoms with Crippen LogP contribution in [0.2, 0.25) is 5.02 Å². The van der Waals surface area contributed by atoms with Crippen LogP contribution >= 0.6 is 11.6 Å². The molecule has 0 unspecified atom stereocenters. The minimum absolute atomic E-state index is 0.0751. The summed E-state index contributed by atoms with van der Waals surface area (Å²) >= 11 is 6.16. The molecule has 0 aromatic heterocycles. The fraction of sp³-hybridized carbons (Fsp3) is 0.240. The van der Waals surface area contributed by atoms with Crippen molar-refractivity contribution in [2.75, 3.05) is 11.9 Å². The molecule has 3 N–H and O–H groups in total. The third-order valence-corrected chi connectivity index (χ3v) is 6.61. The third kappa shape index (κ3) is 3.07. The maximum atomic E-state index is 13.7. The number of carbonyl (C=O) groups is 3. The number of amides is 1. The Kier molecular flexibility index (Phi) is 5.01. The van der Waals surface area contributed by atoms with Crippen LogP contribution in [0.1, 0.15) is 36.8 Å². The molecule has 168 valence electrons. The number of rotatable bonds is 3. The number of esters is 1. The summed E-state index contributed by atoms with van der Waals surface area (Å²) in [5, 5.41) is 3.38. The van der Waals surface area contributed by atoms with Crippen molar-refractivity contribution in [2.24, 2.45) is 5.73 Å². The van der Waals surface area contributed by atoms with Crippen LogP contribution in [0.25, 0.3) is 0 Å². The number of anilines is 1. The number of nitrogens with one attached hydrogen (secondary N) is 1. The van der Waals surface area contributed by atoms with Gasteiger partial charge >= 0.3 is 5.97 Å². The van der Waals surface area contributed by atoms with Crippen LogP contribution in [0.3, 0.4) is 0 Å². The number of nitrogens with two attached hydrogens (primary N) is 1. The number of carbonyl (C=O) groups excluding carboxylic acids is 3. The van der Waals surface area contributed by atoms with E-state index in [9.17, 15) is 14.4 Å². The Hall–Kier alpha value is -3.58. The van der Waals surface area contributed by atoms with E-state index < -0.39 is 17.3 Å². The fourth-order valence-corrected chi connectivity index (χ4v) is 5.29. The summed E-state index contributed by atoms with van der Waals surface area (Å²) in [5.74, 6) is -1.77. The smallest absolute Gasteiger partial charge is 0.341 e. The van der Waals surface area contributed by atoms with Crippen molar-refractivity contribution in [1.29, 1.82) is 0 Å². The molecule has 7 nitrogen and oxygen atoms in total. The lowest BCUT2D eigenvalue weighted by Gasteiger charge is -2.40. The van der Waals surface area contributed by atoms with Crippen molar-refractivity contribution in [1.82, 2.24) is 0 Å². The molecule has 3 aliphatic rings. The highest BCUT2D eigenvalue weighted by Gasteiger charge is 2.62. The van der Waals surface area contributed by atoms with Crippen LogP contribution in [0, 0.1) is 0 Å². The molecule has 1 aliphatic carbocycles. The number of hydrogen-bond acceptors (Lipinski definition) is 6. The molecule has 2 aromatic carbocycles. The lowest BCUT2D eigenvalue weighted by atomic mass is 9.63. The molecule has 0 bridgehead atoms. The first-order chi connectivity index (χ1) is 15.9. The molecular formula is C25H21ClN2O5. The Labute approximate surface area is 195 Å². The number of ketones is 1. The third-order valence-electron chi connectivity index (χ3n) is 6.37. The first-order valence-corrected chi connectivity index (χ1v) is 11.0. The standard InChI is InChI=1S/C25H21ClN2O5/c1-2-32-23(30)21-22(27)33-19-12-14(13-6-5-7-15(26)10-13)11-18(29)20(19)25(21)16-8-3-4-9-17(16)28-24(25)31/h3-10,14H,2,11-12,27H2,1H3,(H,28,31)/t14-,25-/m1/s1. The summed E-state index contributed by atoms with van der Waals surface area (Å²) in [6.07, 6.45) is 0.463. The lowest BCUT2D eigenvalue weighted by Crippen LogP contribution is -2.49. The zero-order valence-electron chi connectivity index (χ0n) is 17.8. The molecule has 2 atom stereocenters. The fourth-order valence-electron chi connectivity index (χ4n) is 5.09. The van der Waals surface area contributed by atoms with Gasteiger partial charge in [0, 0.05) is 29.1 Å². The second-order valence-corrected chi connectivity index (χ2v) is 8.63. The Morgan fingerprint density at radius 1 is 1.21 bits per heavy atom. The molecule has 1 amide bonds. The molecule has 0 radical (unpaired) electrons. The second kappa shape index (κ2) is 7.78. The molecule has 5 rings (SSSR count). The molecule has 1 spiro atoms. The van der Waals surface area contributed by atoms with E-state index in [1.807, 2.05) is 18.2 Å². The van der Waals surface area contributed by atoms with Crippen LogP contribution in [-0.2, 0) is 29.3 Å². The summed E-state index contributed by atoms with van der Waals surface area (Å²) in [5.41, 5.74) is 6.37. The highest BCUT2D eigenvalue weighted by atomic mass is 35.5. The van der Waals surface area contributed by atoms with Gasteiger partial charge in [0.2, 0.25) is 11.8 Å². The van der Waals surface area contributed by atoms with Gasteiger partial charge in [0.25, 0.3) is 0 Å². The predicted octanol–water partition coefficient (Wildman–Crippen LogP) is 3.69. The first kappa shape index (κ1) is 21.3. The van der Waals surface area contributed by atoms with Gasteiger partial charge in [-0.1, -0.05) is 41.9 Å². The first-order valence-electron chi connectivity index (χ1n) is 10.7. The van der Waals surface area contributed by atoms with Crippen molar-refractivity contribution in [2.45, 2.75) is 31.1 Å². The van der Waals surface area contributed by atoms with Gasteiger partial charge in [-0.3, -0.25) is 9.59 Å². The Balaban J connectivity index is 1.72. The number of Topliss-reactive ketones (excluding diaryl/α,β-unsaturated/α-hetero) is 1. The van der Waals surface area contributed by atoms with Crippen LogP contribution in [0.5, 0.6) is 0 Å². The topological polar surface area (TPSA) is 108 Å². The van der Waals surface area contributed by atoms with Crippen LogP contribution in [-0.4, -0.2) is 24.3 Å². The number of allylic oxidation sites excluding steroid dienone is 1. The largest absolute Gasteiger partial charge is 0.462 e. The monoisotopic (exact) mass is 464 g/mol. The summed E-state index contributed by atoms with van der Waals surface area (Å²) in [6, 6.07) is 14.2. The van der Waals surface area contributed by atoms with Crippen LogP contribution in [0.4, 0.5) is 5.69 Å². The van der Waals surface area contributed by atoms with E-state index in [-0.39, 0.29) is 47.5 Å². The van der Waals surface area contributed by atoms with Crippen molar-refractivity contribution >= 4 is 34.9 Å². The number of hydrogen-bond donors (Lipinski definition) is 2. The maximum Gasteiger partial charge on any atom is 0.341 e. The van der Waals surface area contributed by atoms with E-state index in [0.29, 0.717) is 22.7 Å². The minimum atomic E-state index is -1.73. The molecule has 2 heterocycles. The summed E-state index contributed by atoms with van der Waals surface area (Å²) in [6.45, 7) is 1.73. The van der Waals surface area contributed by atoms with Gasteiger partial charge in [-0.2, -0.15) is 0 Å². The molecule has 0 fully saturated rings. The van der Waals surface area contributed by atoms with E-state index in [0.717, 1.165) is 5.56 Å². The Morgan fingerprint density at radius 2 is 2.00 bits per heavy atom. The molecular weight excluding hydrogens is 444 g/mol. The summed E-state index contributed by atoms with van der Waals surface area (Å²) < 4.78 is 11.1. The molecule has 2 aromatic rings. The SMILES string of the molecule is CCOC(=O)C1=C(N)OC2=C(C(=O)C[C@@H](c3cccc(Cl)c3)C2)[C@@]12C(=O)Nc1ccccc12. The van der Waals surface area contributed by atoms with Crippen LogP contribution in [0.15, 0.2) is 71.3 Å². The van der Waals surface area contributed by atoms with Gasteiger partial charge < -0.3 is 20.5 Å². The molecule has 0 saturated carbocycles. The minimum Gasteiger partial charge on any atom is -0.462 e. The van der Waals surface area contributed by atoms with E-state index >= 15 is 0 Å². The quantitative estimate of drug-likeness (QED) is 0.671. The van der Waals surface area contributed by atoms with Crippen LogP contribution < -0.4 is 11.1 Å². The van der Waals surface area contributed by atoms with E-state index in [1.54, 1.807) is 37.3 Å². The molecule has 8 heteroatoms. The van der Waals surface area contributed by atoms with E-state index in [1.165, 1.54) is 0 Å². The van der Waals surface area contributed by atoms with Crippen molar-refractivity contribution in [3.8, 4) is 0 Å². The normalized spacial score (nSPS) is 23.8. The van der Waals surface area contributed by atoms with Gasteiger partial charge in [0.1, 0.15) is 16.7 Å². The molecule has 33 heavy (non-hydrogen) atoms. The number of halogens is 1. The average molecular weight is 465 g/mol.